The van der Waals surface area contributed by atoms with E-state index in [1.807, 2.05) is 12.1 Å². The van der Waals surface area contributed by atoms with Crippen molar-refractivity contribution < 1.29 is 23.1 Å². The molecule has 1 amide bonds. The Balaban J connectivity index is 1.79. The van der Waals surface area contributed by atoms with Gasteiger partial charge in [-0.05, 0) is 48.5 Å². The zero-order chi connectivity index (χ0) is 24.0. The van der Waals surface area contributed by atoms with E-state index in [4.69, 9.17) is 5.26 Å². The average molecular weight is 465 g/mol. The molecule has 9 nitrogen and oxygen atoms in total. The predicted molar refractivity (Wildman–Crippen MR) is 120 cm³/mol. The number of carboxylic acid groups (broad SMARTS) is 1. The van der Waals surface area contributed by atoms with Crippen molar-refractivity contribution in [1.82, 2.24) is 9.29 Å². The van der Waals surface area contributed by atoms with Crippen LogP contribution in [0.2, 0.25) is 0 Å². The molecule has 0 aliphatic heterocycles. The molecule has 0 saturated heterocycles. The van der Waals surface area contributed by atoms with E-state index in [9.17, 15) is 23.1 Å². The lowest BCUT2D eigenvalue weighted by Gasteiger charge is -2.17. The summed E-state index contributed by atoms with van der Waals surface area (Å²) in [6.07, 6.45) is 2.06. The van der Waals surface area contributed by atoms with Crippen LogP contribution in [0, 0.1) is 11.3 Å². The maximum absolute atomic E-state index is 13.0. The average Bonchev–Trinajstić information content (AvgIpc) is 2.83. The maximum atomic E-state index is 13.0. The Labute approximate surface area is 191 Å². The second-order valence-corrected chi connectivity index (χ2v) is 9.10. The number of anilines is 1. The quantitative estimate of drug-likeness (QED) is 0.522. The van der Waals surface area contributed by atoms with Crippen molar-refractivity contribution in [2.24, 2.45) is 0 Å². The zero-order valence-electron chi connectivity index (χ0n) is 17.6. The smallest absolute Gasteiger partial charge is 0.337 e. The van der Waals surface area contributed by atoms with Gasteiger partial charge in [0.05, 0.1) is 27.8 Å². The van der Waals surface area contributed by atoms with Gasteiger partial charge in [0.25, 0.3) is 5.91 Å². The number of benzene rings is 2. The minimum atomic E-state index is -3.87. The van der Waals surface area contributed by atoms with Gasteiger partial charge >= 0.3 is 5.97 Å². The lowest BCUT2D eigenvalue weighted by atomic mass is 10.1. The van der Waals surface area contributed by atoms with Gasteiger partial charge in [-0.3, -0.25) is 9.78 Å². The molecular weight excluding hydrogens is 444 g/mol. The fourth-order valence-electron chi connectivity index (χ4n) is 3.01. The van der Waals surface area contributed by atoms with E-state index in [0.29, 0.717) is 6.42 Å². The molecular formula is C23H20N4O5S. The number of rotatable bonds is 8. The number of amides is 1. The van der Waals surface area contributed by atoms with E-state index in [0.717, 1.165) is 11.8 Å². The van der Waals surface area contributed by atoms with Crippen LogP contribution in [0.15, 0.2) is 71.8 Å². The van der Waals surface area contributed by atoms with Gasteiger partial charge in [-0.1, -0.05) is 12.1 Å². The number of nitriles is 1. The number of hydrogen-bond acceptors (Lipinski definition) is 6. The van der Waals surface area contributed by atoms with Crippen molar-refractivity contribution >= 4 is 27.6 Å². The molecule has 3 aromatic rings. The first-order chi connectivity index (χ1) is 15.7. The number of pyridine rings is 1. The van der Waals surface area contributed by atoms with Gasteiger partial charge in [-0.15, -0.1) is 0 Å². The molecule has 3 rings (SSSR count). The zero-order valence-corrected chi connectivity index (χ0v) is 18.4. The van der Waals surface area contributed by atoms with E-state index >= 15 is 0 Å². The molecule has 1 heterocycles. The molecule has 0 aliphatic carbocycles. The molecule has 2 aromatic carbocycles. The van der Waals surface area contributed by atoms with Gasteiger partial charge in [0, 0.05) is 37.5 Å². The van der Waals surface area contributed by atoms with Crippen LogP contribution >= 0.6 is 0 Å². The molecule has 168 valence electrons. The normalized spacial score (nSPS) is 11.1. The Morgan fingerprint density at radius 2 is 1.91 bits per heavy atom. The summed E-state index contributed by atoms with van der Waals surface area (Å²) in [5.41, 5.74) is 0.666. The predicted octanol–water partition coefficient (Wildman–Crippen LogP) is 2.77. The topological polar surface area (TPSA) is 140 Å². The number of sulfonamides is 1. The molecule has 0 fully saturated rings. The molecule has 0 saturated carbocycles. The summed E-state index contributed by atoms with van der Waals surface area (Å²) in [5, 5.41) is 20.8. The van der Waals surface area contributed by atoms with Gasteiger partial charge in [-0.2, -0.15) is 5.26 Å². The monoisotopic (exact) mass is 464 g/mol. The molecule has 2 N–H and O–H groups in total. The molecule has 0 unspecified atom stereocenters. The van der Waals surface area contributed by atoms with Crippen LogP contribution in [-0.4, -0.2) is 48.3 Å². The maximum Gasteiger partial charge on any atom is 0.337 e. The first-order valence-electron chi connectivity index (χ1n) is 9.77. The second kappa shape index (κ2) is 10.0. The number of likely N-dealkylation sites (N-methyl/N-ethyl adjacent to an activating group) is 1. The third kappa shape index (κ3) is 5.60. The van der Waals surface area contributed by atoms with Crippen LogP contribution < -0.4 is 5.32 Å². The Hall–Kier alpha value is -4.07. The van der Waals surface area contributed by atoms with Gasteiger partial charge < -0.3 is 10.4 Å². The number of hydrogen-bond donors (Lipinski definition) is 2. The number of carbonyl (C=O) groups is 2. The third-order valence-corrected chi connectivity index (χ3v) is 6.69. The summed E-state index contributed by atoms with van der Waals surface area (Å²) >= 11 is 0. The largest absolute Gasteiger partial charge is 0.478 e. The number of carbonyl (C=O) groups excluding carboxylic acids is 1. The Bertz CT molecular complexity index is 1330. The van der Waals surface area contributed by atoms with Crippen molar-refractivity contribution in [2.45, 2.75) is 11.3 Å². The van der Waals surface area contributed by atoms with Crippen LogP contribution in [0.4, 0.5) is 5.69 Å². The fourth-order valence-corrected chi connectivity index (χ4v) is 4.23. The Morgan fingerprint density at radius 3 is 2.58 bits per heavy atom. The van der Waals surface area contributed by atoms with E-state index in [1.54, 1.807) is 18.3 Å². The lowest BCUT2D eigenvalue weighted by Crippen LogP contribution is -2.29. The standard InChI is InChI=1S/C23H20N4O5S/c1-27(12-10-18-6-2-3-11-25-18)33(31,32)19-7-4-5-17(14-19)22(28)26-21-9-8-16(15-24)13-20(21)23(29)30/h2-9,11,13-14H,10,12H2,1H3,(H,26,28)(H,29,30). The molecule has 0 atom stereocenters. The summed E-state index contributed by atoms with van der Waals surface area (Å²) in [6.45, 7) is 0.197. The summed E-state index contributed by atoms with van der Waals surface area (Å²) in [7, 11) is -2.43. The first kappa shape index (κ1) is 23.6. The molecule has 33 heavy (non-hydrogen) atoms. The Morgan fingerprint density at radius 1 is 1.12 bits per heavy atom. The molecule has 0 bridgehead atoms. The highest BCUT2D eigenvalue weighted by atomic mass is 32.2. The number of nitrogens with one attached hydrogen (secondary N) is 1. The third-order valence-electron chi connectivity index (χ3n) is 4.84. The van der Waals surface area contributed by atoms with E-state index in [1.165, 1.54) is 47.8 Å². The molecule has 10 heteroatoms. The van der Waals surface area contributed by atoms with E-state index in [-0.39, 0.29) is 33.8 Å². The van der Waals surface area contributed by atoms with E-state index in [2.05, 4.69) is 10.3 Å². The Kier molecular flexibility index (Phi) is 7.17. The van der Waals surface area contributed by atoms with Crippen molar-refractivity contribution in [3.63, 3.8) is 0 Å². The highest BCUT2D eigenvalue weighted by molar-refractivity contribution is 7.89. The van der Waals surface area contributed by atoms with Crippen LogP contribution in [0.5, 0.6) is 0 Å². The molecule has 0 spiro atoms. The van der Waals surface area contributed by atoms with Crippen molar-refractivity contribution in [3.05, 3.63) is 89.2 Å². The van der Waals surface area contributed by atoms with Crippen LogP contribution in [0.25, 0.3) is 0 Å². The summed E-state index contributed by atoms with van der Waals surface area (Å²) in [6, 6.07) is 16.5. The van der Waals surface area contributed by atoms with Gasteiger partial charge in [-0.25, -0.2) is 17.5 Å². The van der Waals surface area contributed by atoms with Crippen LogP contribution in [0.1, 0.15) is 32.0 Å². The number of aromatic nitrogens is 1. The van der Waals surface area contributed by atoms with Crippen molar-refractivity contribution in [3.8, 4) is 6.07 Å². The van der Waals surface area contributed by atoms with Gasteiger partial charge in [0.15, 0.2) is 0 Å². The van der Waals surface area contributed by atoms with Gasteiger partial charge in [0.2, 0.25) is 10.0 Å². The van der Waals surface area contributed by atoms with Crippen LogP contribution in [0.3, 0.4) is 0 Å². The van der Waals surface area contributed by atoms with Crippen LogP contribution in [-0.2, 0) is 16.4 Å². The number of nitrogens with zero attached hydrogens (tertiary/aromatic N) is 3. The summed E-state index contributed by atoms with van der Waals surface area (Å²) in [5.74, 6) is -2.00. The second-order valence-electron chi connectivity index (χ2n) is 7.06. The summed E-state index contributed by atoms with van der Waals surface area (Å²) < 4.78 is 27.1. The lowest BCUT2D eigenvalue weighted by molar-refractivity contribution is 0.0698. The van der Waals surface area contributed by atoms with E-state index < -0.39 is 21.9 Å². The minimum absolute atomic E-state index is 0.00719. The van der Waals surface area contributed by atoms with Crippen molar-refractivity contribution in [1.29, 1.82) is 5.26 Å². The first-order valence-corrected chi connectivity index (χ1v) is 11.2. The highest BCUT2D eigenvalue weighted by Crippen LogP contribution is 2.21. The highest BCUT2D eigenvalue weighted by Gasteiger charge is 2.22. The molecule has 0 aliphatic rings. The number of carboxylic acids is 1. The number of aromatic carboxylic acids is 1. The molecule has 0 radical (unpaired) electrons. The van der Waals surface area contributed by atoms with Crippen molar-refractivity contribution in [2.75, 3.05) is 18.9 Å². The summed E-state index contributed by atoms with van der Waals surface area (Å²) in [4.78, 5) is 28.3. The molecule has 1 aromatic heterocycles. The minimum Gasteiger partial charge on any atom is -0.478 e. The fraction of sp³-hybridized carbons (Fsp3) is 0.130. The van der Waals surface area contributed by atoms with Gasteiger partial charge in [0.1, 0.15) is 0 Å². The SMILES string of the molecule is CN(CCc1ccccn1)S(=O)(=O)c1cccc(C(=O)Nc2ccc(C#N)cc2C(=O)O)c1.